The predicted molar refractivity (Wildman–Crippen MR) is 84.5 cm³/mol. The van der Waals surface area contributed by atoms with Gasteiger partial charge in [0.05, 0.1) is 23.6 Å². The molecule has 5 nitrogen and oxygen atoms in total. The third-order valence-corrected chi connectivity index (χ3v) is 5.88. The summed E-state index contributed by atoms with van der Waals surface area (Å²) in [4.78, 5) is 11.9. The highest BCUT2D eigenvalue weighted by atomic mass is 35.5. The van der Waals surface area contributed by atoms with Gasteiger partial charge in [0.1, 0.15) is 0 Å². The largest absolute Gasteiger partial charge is 0.376 e. The molecule has 2 N–H and O–H groups in total. The smallest absolute Gasteiger partial charge is 0.239 e. The second-order valence-electron chi connectivity index (χ2n) is 5.77. The highest BCUT2D eigenvalue weighted by molar-refractivity contribution is 7.91. The number of aryl methyl sites for hydroxylation is 1. The molecule has 2 rings (SSSR count). The molecule has 0 bridgehead atoms. The van der Waals surface area contributed by atoms with Gasteiger partial charge in [-0.15, -0.1) is 0 Å². The fourth-order valence-electron chi connectivity index (χ4n) is 2.37. The van der Waals surface area contributed by atoms with Gasteiger partial charge in [-0.25, -0.2) is 8.42 Å². The van der Waals surface area contributed by atoms with E-state index in [0.29, 0.717) is 11.4 Å². The number of nitrogens with one attached hydrogen (secondary N) is 2. The van der Waals surface area contributed by atoms with Crippen molar-refractivity contribution in [3.8, 4) is 0 Å². The van der Waals surface area contributed by atoms with E-state index in [1.165, 1.54) is 0 Å². The Morgan fingerprint density at radius 3 is 2.71 bits per heavy atom. The lowest BCUT2D eigenvalue weighted by molar-refractivity contribution is -0.120. The molecule has 1 atom stereocenters. The van der Waals surface area contributed by atoms with Crippen molar-refractivity contribution < 1.29 is 13.2 Å². The van der Waals surface area contributed by atoms with Gasteiger partial charge in [0.25, 0.3) is 0 Å². The van der Waals surface area contributed by atoms with Gasteiger partial charge in [-0.2, -0.15) is 0 Å². The van der Waals surface area contributed by atoms with Crippen LogP contribution in [0, 0.1) is 6.92 Å². The Bertz CT molecular complexity index is 660. The Balaban J connectivity index is 1.89. The summed E-state index contributed by atoms with van der Waals surface area (Å²) in [5.74, 6) is -0.0985. The number of amides is 1. The van der Waals surface area contributed by atoms with Crippen molar-refractivity contribution in [2.75, 3.05) is 23.4 Å². The fourth-order valence-corrected chi connectivity index (χ4v) is 4.65. The Hall–Kier alpha value is -1.27. The maximum Gasteiger partial charge on any atom is 0.239 e. The molecule has 1 saturated heterocycles. The van der Waals surface area contributed by atoms with Crippen LogP contribution < -0.4 is 10.6 Å². The molecule has 1 aromatic carbocycles. The van der Waals surface area contributed by atoms with Gasteiger partial charge in [-0.05, 0) is 38.0 Å². The Morgan fingerprint density at radius 2 is 2.14 bits per heavy atom. The third-order valence-electron chi connectivity index (χ3n) is 3.57. The highest BCUT2D eigenvalue weighted by Gasteiger charge is 2.39. The molecule has 116 valence electrons. The normalized spacial score (nSPS) is 23.8. The lowest BCUT2D eigenvalue weighted by atomic mass is 10.0. The van der Waals surface area contributed by atoms with Crippen LogP contribution in [-0.2, 0) is 14.6 Å². The lowest BCUT2D eigenvalue weighted by Crippen LogP contribution is -2.48. The fraction of sp³-hybridized carbons (Fsp3) is 0.500. The van der Waals surface area contributed by atoms with Crippen molar-refractivity contribution in [1.82, 2.24) is 5.32 Å². The van der Waals surface area contributed by atoms with Crippen LogP contribution >= 0.6 is 11.6 Å². The molecule has 0 radical (unpaired) electrons. The number of halogens is 1. The van der Waals surface area contributed by atoms with Crippen LogP contribution in [-0.4, -0.2) is 37.9 Å². The topological polar surface area (TPSA) is 75.3 Å². The first-order chi connectivity index (χ1) is 9.69. The van der Waals surface area contributed by atoms with E-state index < -0.39 is 15.4 Å². The summed E-state index contributed by atoms with van der Waals surface area (Å²) in [5.41, 5.74) is 1.06. The number of anilines is 1. The minimum atomic E-state index is -3.03. The SMILES string of the molecule is Cc1ccc(NCC(=O)NC2(C)CCS(=O)(=O)C2)cc1Cl. The molecule has 1 amide bonds. The van der Waals surface area contributed by atoms with Crippen molar-refractivity contribution in [1.29, 1.82) is 0 Å². The van der Waals surface area contributed by atoms with E-state index in [1.54, 1.807) is 13.0 Å². The predicted octanol–water partition coefficient (Wildman–Crippen LogP) is 1.75. The van der Waals surface area contributed by atoms with Gasteiger partial charge in [0, 0.05) is 10.7 Å². The van der Waals surface area contributed by atoms with Crippen LogP contribution in [0.1, 0.15) is 18.9 Å². The molecular weight excluding hydrogens is 312 g/mol. The van der Waals surface area contributed by atoms with Crippen molar-refractivity contribution in [2.24, 2.45) is 0 Å². The van der Waals surface area contributed by atoms with Gasteiger partial charge in [-0.3, -0.25) is 4.79 Å². The Labute approximate surface area is 130 Å². The molecule has 0 spiro atoms. The molecule has 1 aromatic rings. The number of rotatable bonds is 4. The summed E-state index contributed by atoms with van der Waals surface area (Å²) in [6.07, 6.45) is 0.456. The van der Waals surface area contributed by atoms with Crippen molar-refractivity contribution >= 4 is 33.0 Å². The quantitative estimate of drug-likeness (QED) is 0.882. The molecule has 0 aromatic heterocycles. The third kappa shape index (κ3) is 4.35. The molecule has 1 aliphatic rings. The first-order valence-corrected chi connectivity index (χ1v) is 8.91. The van der Waals surface area contributed by atoms with E-state index in [2.05, 4.69) is 10.6 Å². The Kier molecular flexibility index (Phi) is 4.49. The van der Waals surface area contributed by atoms with Crippen molar-refractivity contribution in [3.05, 3.63) is 28.8 Å². The second kappa shape index (κ2) is 5.85. The number of carbonyl (C=O) groups excluding carboxylic acids is 1. The Morgan fingerprint density at radius 1 is 1.43 bits per heavy atom. The minimum absolute atomic E-state index is 0.00208. The summed E-state index contributed by atoms with van der Waals surface area (Å²) in [5, 5.41) is 6.41. The number of hydrogen-bond acceptors (Lipinski definition) is 4. The van der Waals surface area contributed by atoms with Gasteiger partial charge in [0.15, 0.2) is 9.84 Å². The first kappa shape index (κ1) is 16.1. The molecule has 0 aliphatic carbocycles. The van der Waals surface area contributed by atoms with Crippen LogP contribution in [0.2, 0.25) is 5.02 Å². The number of carbonyl (C=O) groups is 1. The molecular formula is C14H19ClN2O3S. The van der Waals surface area contributed by atoms with Crippen LogP contribution in [0.5, 0.6) is 0 Å². The zero-order chi connectivity index (χ0) is 15.7. The van der Waals surface area contributed by atoms with E-state index >= 15 is 0 Å². The summed E-state index contributed by atoms with van der Waals surface area (Å²) in [6.45, 7) is 3.74. The monoisotopic (exact) mass is 330 g/mol. The van der Waals surface area contributed by atoms with E-state index in [0.717, 1.165) is 11.3 Å². The van der Waals surface area contributed by atoms with Crippen LogP contribution in [0.3, 0.4) is 0 Å². The molecule has 7 heteroatoms. The zero-order valence-corrected chi connectivity index (χ0v) is 13.6. The number of sulfone groups is 1. The maximum atomic E-state index is 11.9. The molecule has 1 unspecified atom stereocenters. The molecule has 21 heavy (non-hydrogen) atoms. The van der Waals surface area contributed by atoms with E-state index in [-0.39, 0.29) is 24.0 Å². The van der Waals surface area contributed by atoms with E-state index in [1.807, 2.05) is 19.1 Å². The maximum absolute atomic E-state index is 11.9. The van der Waals surface area contributed by atoms with Crippen LogP contribution in [0.25, 0.3) is 0 Å². The van der Waals surface area contributed by atoms with Crippen LogP contribution in [0.15, 0.2) is 18.2 Å². The highest BCUT2D eigenvalue weighted by Crippen LogP contribution is 2.23. The van der Waals surface area contributed by atoms with Gasteiger partial charge in [0.2, 0.25) is 5.91 Å². The van der Waals surface area contributed by atoms with Crippen LogP contribution in [0.4, 0.5) is 5.69 Å². The zero-order valence-electron chi connectivity index (χ0n) is 12.1. The summed E-state index contributed by atoms with van der Waals surface area (Å²) >= 11 is 6.01. The van der Waals surface area contributed by atoms with Crippen molar-refractivity contribution in [3.63, 3.8) is 0 Å². The second-order valence-corrected chi connectivity index (χ2v) is 8.36. The van der Waals surface area contributed by atoms with E-state index in [4.69, 9.17) is 11.6 Å². The minimum Gasteiger partial charge on any atom is -0.376 e. The van der Waals surface area contributed by atoms with Gasteiger partial charge in [-0.1, -0.05) is 17.7 Å². The molecule has 1 aliphatic heterocycles. The van der Waals surface area contributed by atoms with Gasteiger partial charge < -0.3 is 10.6 Å². The van der Waals surface area contributed by atoms with Crippen molar-refractivity contribution in [2.45, 2.75) is 25.8 Å². The number of hydrogen-bond donors (Lipinski definition) is 2. The van der Waals surface area contributed by atoms with Gasteiger partial charge >= 0.3 is 0 Å². The molecule has 1 heterocycles. The standard InChI is InChI=1S/C14H19ClN2O3S/c1-10-3-4-11(7-12(10)15)16-8-13(18)17-14(2)5-6-21(19,20)9-14/h3-4,7,16H,5-6,8-9H2,1-2H3,(H,17,18). The average Bonchev–Trinajstić information content (AvgIpc) is 2.65. The number of benzene rings is 1. The summed E-state index contributed by atoms with van der Waals surface area (Å²) in [6, 6.07) is 5.47. The lowest BCUT2D eigenvalue weighted by Gasteiger charge is -2.24. The molecule has 0 saturated carbocycles. The molecule has 1 fully saturated rings. The average molecular weight is 331 g/mol. The summed E-state index contributed by atoms with van der Waals surface area (Å²) in [7, 11) is -3.03. The first-order valence-electron chi connectivity index (χ1n) is 6.71. The summed E-state index contributed by atoms with van der Waals surface area (Å²) < 4.78 is 23.0. The van der Waals surface area contributed by atoms with E-state index in [9.17, 15) is 13.2 Å².